The predicted octanol–water partition coefficient (Wildman–Crippen LogP) is 0.0786. The van der Waals surface area contributed by atoms with Crippen molar-refractivity contribution in [2.75, 3.05) is 5.75 Å². The number of amides is 3. The molecule has 180 valence electrons. The van der Waals surface area contributed by atoms with Gasteiger partial charge in [0.1, 0.15) is 23.7 Å². The molecule has 3 N–H and O–H groups in total. The predicted molar refractivity (Wildman–Crippen MR) is 113 cm³/mol. The lowest BCUT2D eigenvalue weighted by atomic mass is 10.0. The van der Waals surface area contributed by atoms with Crippen molar-refractivity contribution in [3.05, 3.63) is 51.2 Å². The topological polar surface area (TPSA) is 194 Å². The number of aliphatic carboxylic acids is 1. The molecule has 0 bridgehead atoms. The molecule has 0 saturated carbocycles. The largest absolute Gasteiger partial charge is 0.477 e. The van der Waals surface area contributed by atoms with Crippen LogP contribution in [0.15, 0.2) is 35.5 Å². The third-order valence-corrected chi connectivity index (χ3v) is 6.11. The first-order valence-electron chi connectivity index (χ1n) is 9.58. The van der Waals surface area contributed by atoms with Gasteiger partial charge in [0.25, 0.3) is 11.6 Å². The zero-order chi connectivity index (χ0) is 25.0. The molecule has 34 heavy (non-hydrogen) atoms. The van der Waals surface area contributed by atoms with E-state index in [0.717, 1.165) is 23.6 Å². The van der Waals surface area contributed by atoms with Crippen molar-refractivity contribution < 1.29 is 43.5 Å². The molecule has 2 aliphatic heterocycles. The summed E-state index contributed by atoms with van der Waals surface area (Å²) in [6.07, 6.45) is -2.08. The number of rotatable bonds is 9. The molecule has 1 unspecified atom stereocenters. The van der Waals surface area contributed by atoms with E-state index in [0.29, 0.717) is 5.56 Å². The summed E-state index contributed by atoms with van der Waals surface area (Å²) in [5.74, 6) is -2.98. The van der Waals surface area contributed by atoms with Gasteiger partial charge in [-0.1, -0.05) is 0 Å². The normalized spacial score (nSPS) is 19.8. The first-order valence-corrected chi connectivity index (χ1v) is 10.6. The van der Waals surface area contributed by atoms with E-state index in [1.165, 1.54) is 24.3 Å². The lowest BCUT2D eigenvalue weighted by molar-refractivity contribution is -0.384. The maximum Gasteiger partial charge on any atom is 0.408 e. The van der Waals surface area contributed by atoms with E-state index in [-0.39, 0.29) is 30.0 Å². The Bertz CT molecular complexity index is 1070. The Labute approximate surface area is 195 Å². The molecule has 15 heteroatoms. The number of nitrogens with one attached hydrogen (secondary N) is 2. The van der Waals surface area contributed by atoms with E-state index < -0.39 is 52.2 Å². The zero-order valence-electron chi connectivity index (χ0n) is 17.5. The van der Waals surface area contributed by atoms with E-state index >= 15 is 0 Å². The summed E-state index contributed by atoms with van der Waals surface area (Å²) in [5, 5.41) is 24.2. The van der Waals surface area contributed by atoms with E-state index in [1.807, 2.05) is 0 Å². The third kappa shape index (κ3) is 5.09. The fourth-order valence-electron chi connectivity index (χ4n) is 3.31. The fraction of sp³-hybridized carbons (Fsp3) is 0.316. The number of thioether (sulfide) groups is 1. The van der Waals surface area contributed by atoms with Crippen LogP contribution in [0.2, 0.25) is 0 Å². The summed E-state index contributed by atoms with van der Waals surface area (Å²) in [5.41, 5.74) is -0.0897. The molecular weight excluding hydrogens is 476 g/mol. The molecule has 0 aliphatic carbocycles. The minimum Gasteiger partial charge on any atom is -0.477 e. The number of fused-ring (bicyclic) bond motifs is 1. The monoisotopic (exact) mass is 494 g/mol. The zero-order valence-corrected chi connectivity index (χ0v) is 18.3. The van der Waals surface area contributed by atoms with Gasteiger partial charge in [0.2, 0.25) is 12.6 Å². The number of carbonyl (C=O) groups excluding carboxylic acids is 4. The minimum atomic E-state index is -1.47. The highest BCUT2D eigenvalue weighted by Crippen LogP contribution is 2.41. The molecule has 2 heterocycles. The summed E-state index contributed by atoms with van der Waals surface area (Å²) in [4.78, 5) is 69.9. The molecule has 3 amide bonds. The van der Waals surface area contributed by atoms with Crippen molar-refractivity contribution in [2.45, 2.75) is 31.2 Å². The first-order chi connectivity index (χ1) is 16.1. The highest BCUT2D eigenvalue weighted by Gasteiger charge is 2.55. The smallest absolute Gasteiger partial charge is 0.408 e. The van der Waals surface area contributed by atoms with Crippen LogP contribution in [0.5, 0.6) is 0 Å². The minimum absolute atomic E-state index is 0.00333. The van der Waals surface area contributed by atoms with Crippen molar-refractivity contribution in [3.63, 3.8) is 0 Å². The number of carbonyl (C=O) groups is 5. The Morgan fingerprint density at radius 3 is 2.59 bits per heavy atom. The molecule has 0 radical (unpaired) electrons. The van der Waals surface area contributed by atoms with Gasteiger partial charge < -0.3 is 25.2 Å². The summed E-state index contributed by atoms with van der Waals surface area (Å²) < 4.78 is 10.00. The number of carboxylic acids is 1. The molecule has 1 fully saturated rings. The lowest BCUT2D eigenvalue weighted by Gasteiger charge is -2.49. The average molecular weight is 494 g/mol. The van der Waals surface area contributed by atoms with Crippen LogP contribution in [0.3, 0.4) is 0 Å². The van der Waals surface area contributed by atoms with Crippen LogP contribution in [-0.2, 0) is 35.3 Å². The number of alkyl carbamates (subject to hydrolysis) is 1. The summed E-state index contributed by atoms with van der Waals surface area (Å²) in [7, 11) is 0. The van der Waals surface area contributed by atoms with Crippen LogP contribution in [0, 0.1) is 10.1 Å². The molecule has 1 aromatic carbocycles. The van der Waals surface area contributed by atoms with E-state index in [4.69, 9.17) is 9.47 Å². The number of nitro benzene ring substituents is 1. The number of carboxylic acid groups (broad SMARTS) is 1. The number of nitro groups is 1. The number of β-lactam (4-membered cyclic amide) rings is 1. The number of ether oxygens (including phenoxy) is 2. The number of non-ortho nitro benzene ring substituents is 1. The van der Waals surface area contributed by atoms with Gasteiger partial charge >= 0.3 is 18.0 Å². The van der Waals surface area contributed by atoms with Crippen molar-refractivity contribution >= 4 is 47.8 Å². The number of benzene rings is 1. The van der Waals surface area contributed by atoms with Crippen LogP contribution >= 0.6 is 11.8 Å². The van der Waals surface area contributed by atoms with Gasteiger partial charge in [-0.15, -0.1) is 11.8 Å². The van der Waals surface area contributed by atoms with Gasteiger partial charge in [0.05, 0.1) is 4.92 Å². The van der Waals surface area contributed by atoms with Crippen molar-refractivity contribution in [3.8, 4) is 0 Å². The van der Waals surface area contributed by atoms with E-state index in [9.17, 15) is 39.2 Å². The van der Waals surface area contributed by atoms with Gasteiger partial charge in [0.15, 0.2) is 0 Å². The Hall–Kier alpha value is -4.14. The number of hydrogen-bond acceptors (Lipinski definition) is 10. The SMILES string of the molecule is CC(=O)OC(NC=O)C1=C(C(=O)O)N2C(=O)[C@H](NC(=O)OCc3ccc([N+](=O)[O-])cc3)[C@H]2SC1. The van der Waals surface area contributed by atoms with Crippen molar-refractivity contribution in [1.29, 1.82) is 0 Å². The molecule has 3 atom stereocenters. The summed E-state index contributed by atoms with van der Waals surface area (Å²) >= 11 is 1.10. The van der Waals surface area contributed by atoms with Crippen LogP contribution < -0.4 is 10.6 Å². The van der Waals surface area contributed by atoms with Crippen molar-refractivity contribution in [2.24, 2.45) is 0 Å². The molecule has 0 aromatic heterocycles. The summed E-state index contributed by atoms with van der Waals surface area (Å²) in [6, 6.07) is 4.26. The molecule has 1 saturated heterocycles. The number of hydrogen-bond donors (Lipinski definition) is 3. The van der Waals surface area contributed by atoms with Gasteiger partial charge in [-0.3, -0.25) is 29.4 Å². The first kappa shape index (κ1) is 24.5. The van der Waals surface area contributed by atoms with Gasteiger partial charge in [-0.25, -0.2) is 9.59 Å². The third-order valence-electron chi connectivity index (χ3n) is 4.81. The Morgan fingerprint density at radius 1 is 1.35 bits per heavy atom. The lowest BCUT2D eigenvalue weighted by Crippen LogP contribution is -2.71. The Balaban J connectivity index is 1.66. The maximum absolute atomic E-state index is 12.7. The molecular formula is C19H18N4O10S. The van der Waals surface area contributed by atoms with Gasteiger partial charge in [-0.2, -0.15) is 0 Å². The van der Waals surface area contributed by atoms with Gasteiger partial charge in [0, 0.05) is 30.4 Å². The van der Waals surface area contributed by atoms with E-state index in [1.54, 1.807) is 0 Å². The highest BCUT2D eigenvalue weighted by atomic mass is 32.2. The standard InChI is InChI=1S/C19H18N4O10S/c1-9(25)33-15(20-8-24)12-7-34-17-13(16(26)22(17)14(12)18(27)28)21-19(29)32-6-10-2-4-11(5-3-10)23(30)31/h2-5,8,13,15,17H,6-7H2,1H3,(H,20,24)(H,21,29)(H,27,28)/t13-,15?,17+/m0/s1. The van der Waals surface area contributed by atoms with Crippen LogP contribution in [0.1, 0.15) is 12.5 Å². The number of nitrogens with zero attached hydrogens (tertiary/aromatic N) is 2. The highest BCUT2D eigenvalue weighted by molar-refractivity contribution is 8.00. The summed E-state index contributed by atoms with van der Waals surface area (Å²) in [6.45, 7) is 0.869. The second-order valence-corrected chi connectivity index (χ2v) is 8.09. The molecule has 1 aromatic rings. The van der Waals surface area contributed by atoms with Crippen LogP contribution in [0.25, 0.3) is 0 Å². The van der Waals surface area contributed by atoms with Crippen molar-refractivity contribution in [1.82, 2.24) is 15.5 Å². The quantitative estimate of drug-likeness (QED) is 0.105. The maximum atomic E-state index is 12.7. The molecule has 3 rings (SSSR count). The Kier molecular flexibility index (Phi) is 7.35. The van der Waals surface area contributed by atoms with Crippen LogP contribution in [0.4, 0.5) is 10.5 Å². The second kappa shape index (κ2) is 10.2. The van der Waals surface area contributed by atoms with E-state index in [2.05, 4.69) is 10.6 Å². The van der Waals surface area contributed by atoms with Gasteiger partial charge in [-0.05, 0) is 17.7 Å². The Morgan fingerprint density at radius 2 is 2.03 bits per heavy atom. The fourth-order valence-corrected chi connectivity index (χ4v) is 4.68. The number of esters is 1. The van der Waals surface area contributed by atoms with Crippen LogP contribution in [-0.4, -0.2) is 68.7 Å². The molecule has 0 spiro atoms. The molecule has 14 nitrogen and oxygen atoms in total. The average Bonchev–Trinajstić information content (AvgIpc) is 2.79. The second-order valence-electron chi connectivity index (χ2n) is 6.98. The molecule has 2 aliphatic rings.